The third-order valence-electron chi connectivity index (χ3n) is 5.02. The summed E-state index contributed by atoms with van der Waals surface area (Å²) in [5.74, 6) is -1.27. The van der Waals surface area contributed by atoms with Gasteiger partial charge in [0.05, 0.1) is 12.8 Å². The molecule has 4 rings (SSSR count). The minimum absolute atomic E-state index is 0.173. The molecule has 0 unspecified atom stereocenters. The van der Waals surface area contributed by atoms with Gasteiger partial charge >= 0.3 is 6.03 Å². The lowest BCUT2D eigenvalue weighted by atomic mass is 10.0. The Kier molecular flexibility index (Phi) is 5.81. The molecule has 1 saturated heterocycles. The number of carbonyl (C=O) groups is 3. The number of para-hydroxylation sites is 1. The molecule has 6 nitrogen and oxygen atoms in total. The van der Waals surface area contributed by atoms with Crippen LogP contribution in [0.2, 0.25) is 0 Å². The van der Waals surface area contributed by atoms with E-state index in [1.54, 1.807) is 54.6 Å². The number of barbiturate groups is 1. The van der Waals surface area contributed by atoms with Gasteiger partial charge in [-0.05, 0) is 53.1 Å². The molecular weight excluding hydrogens is 411 g/mol. The third-order valence-corrected chi connectivity index (χ3v) is 5.02. The zero-order valence-electron chi connectivity index (χ0n) is 17.2. The van der Waals surface area contributed by atoms with Crippen LogP contribution in [0, 0.1) is 5.82 Å². The van der Waals surface area contributed by atoms with Crippen molar-refractivity contribution in [1.29, 1.82) is 0 Å². The van der Waals surface area contributed by atoms with Crippen LogP contribution in [0.4, 0.5) is 14.9 Å². The number of hydrogen-bond acceptors (Lipinski definition) is 4. The Bertz CT molecular complexity index is 1240. The van der Waals surface area contributed by atoms with Gasteiger partial charge in [-0.25, -0.2) is 14.1 Å². The Morgan fingerprint density at radius 3 is 2.47 bits per heavy atom. The molecule has 0 saturated carbocycles. The normalized spacial score (nSPS) is 15.1. The molecule has 0 spiro atoms. The Balaban J connectivity index is 1.65. The molecule has 0 radical (unpaired) electrons. The van der Waals surface area contributed by atoms with Crippen LogP contribution < -0.4 is 15.0 Å². The zero-order valence-corrected chi connectivity index (χ0v) is 17.2. The SMILES string of the molecule is COc1cc(/C=C2\C(=O)NC(=O)N(c3ccccc3)C2=O)ccc1Cc1cccc(F)c1. The van der Waals surface area contributed by atoms with E-state index in [4.69, 9.17) is 4.74 Å². The van der Waals surface area contributed by atoms with E-state index in [-0.39, 0.29) is 11.4 Å². The van der Waals surface area contributed by atoms with Crippen LogP contribution in [0.1, 0.15) is 16.7 Å². The molecule has 3 aromatic rings. The van der Waals surface area contributed by atoms with Crippen molar-refractivity contribution in [2.75, 3.05) is 12.0 Å². The predicted octanol–water partition coefficient (Wildman–Crippen LogP) is 4.09. The van der Waals surface area contributed by atoms with E-state index in [2.05, 4.69) is 5.32 Å². The number of anilines is 1. The predicted molar refractivity (Wildman–Crippen MR) is 118 cm³/mol. The number of hydrogen-bond donors (Lipinski definition) is 1. The summed E-state index contributed by atoms with van der Waals surface area (Å²) < 4.78 is 19.0. The maximum Gasteiger partial charge on any atom is 0.335 e. The van der Waals surface area contributed by atoms with Crippen molar-refractivity contribution in [3.05, 3.63) is 101 Å². The molecule has 1 fully saturated rings. The van der Waals surface area contributed by atoms with E-state index in [0.29, 0.717) is 23.4 Å². The van der Waals surface area contributed by atoms with Crippen LogP contribution in [0.5, 0.6) is 5.75 Å². The number of methoxy groups -OCH3 is 1. The van der Waals surface area contributed by atoms with Crippen molar-refractivity contribution in [2.45, 2.75) is 6.42 Å². The van der Waals surface area contributed by atoms with Crippen LogP contribution in [0.3, 0.4) is 0 Å². The smallest absolute Gasteiger partial charge is 0.335 e. The average Bonchev–Trinajstić information content (AvgIpc) is 2.78. The maximum atomic E-state index is 13.5. The molecule has 4 amide bonds. The second kappa shape index (κ2) is 8.85. The number of benzene rings is 3. The number of imide groups is 2. The van der Waals surface area contributed by atoms with Crippen LogP contribution in [-0.4, -0.2) is 25.0 Å². The van der Waals surface area contributed by atoms with Crippen molar-refractivity contribution >= 4 is 29.6 Å². The fourth-order valence-electron chi connectivity index (χ4n) is 3.50. The number of rotatable bonds is 5. The van der Waals surface area contributed by atoms with Gasteiger partial charge in [-0.15, -0.1) is 0 Å². The first-order chi connectivity index (χ1) is 15.5. The number of nitrogens with zero attached hydrogens (tertiary/aromatic N) is 1. The quantitative estimate of drug-likeness (QED) is 0.489. The Morgan fingerprint density at radius 1 is 0.969 bits per heavy atom. The fraction of sp³-hybridized carbons (Fsp3) is 0.0800. The molecular formula is C25H19FN2O4. The van der Waals surface area contributed by atoms with E-state index >= 15 is 0 Å². The van der Waals surface area contributed by atoms with E-state index in [0.717, 1.165) is 16.0 Å². The van der Waals surface area contributed by atoms with E-state index in [1.165, 1.54) is 25.3 Å². The maximum absolute atomic E-state index is 13.5. The van der Waals surface area contributed by atoms with Gasteiger partial charge in [0.2, 0.25) is 0 Å². The number of amides is 4. The molecule has 0 aliphatic carbocycles. The lowest BCUT2D eigenvalue weighted by Gasteiger charge is -2.26. The van der Waals surface area contributed by atoms with Gasteiger partial charge in [0.1, 0.15) is 17.1 Å². The summed E-state index contributed by atoms with van der Waals surface area (Å²) in [6, 6.07) is 19.1. The highest BCUT2D eigenvalue weighted by atomic mass is 19.1. The first kappa shape index (κ1) is 21.0. The Morgan fingerprint density at radius 2 is 1.75 bits per heavy atom. The van der Waals surface area contributed by atoms with Crippen molar-refractivity contribution < 1.29 is 23.5 Å². The summed E-state index contributed by atoms with van der Waals surface area (Å²) >= 11 is 0. The van der Waals surface area contributed by atoms with E-state index in [9.17, 15) is 18.8 Å². The van der Waals surface area contributed by atoms with Crippen LogP contribution in [0.15, 0.2) is 78.4 Å². The number of carbonyl (C=O) groups excluding carboxylic acids is 3. The summed E-state index contributed by atoms with van der Waals surface area (Å²) in [5.41, 5.74) is 2.34. The molecule has 0 atom stereocenters. The number of ether oxygens (including phenoxy) is 1. The van der Waals surface area contributed by atoms with E-state index < -0.39 is 17.8 Å². The number of nitrogens with one attached hydrogen (secondary N) is 1. The van der Waals surface area contributed by atoms with Crippen LogP contribution in [-0.2, 0) is 16.0 Å². The van der Waals surface area contributed by atoms with Gasteiger partial charge in [-0.3, -0.25) is 14.9 Å². The lowest BCUT2D eigenvalue weighted by molar-refractivity contribution is -0.122. The topological polar surface area (TPSA) is 75.7 Å². The summed E-state index contributed by atoms with van der Waals surface area (Å²) in [6.07, 6.45) is 1.86. The highest BCUT2D eigenvalue weighted by Crippen LogP contribution is 2.26. The molecule has 0 aromatic heterocycles. The van der Waals surface area contributed by atoms with Crippen molar-refractivity contribution in [2.24, 2.45) is 0 Å². The highest BCUT2D eigenvalue weighted by molar-refractivity contribution is 6.39. The molecule has 1 heterocycles. The molecule has 160 valence electrons. The molecule has 7 heteroatoms. The van der Waals surface area contributed by atoms with Gasteiger partial charge in [-0.1, -0.05) is 42.5 Å². The van der Waals surface area contributed by atoms with Gasteiger partial charge in [0.15, 0.2) is 0 Å². The van der Waals surface area contributed by atoms with Gasteiger partial charge < -0.3 is 4.74 Å². The van der Waals surface area contributed by atoms with Crippen LogP contribution >= 0.6 is 0 Å². The Labute approximate surface area is 183 Å². The van der Waals surface area contributed by atoms with Gasteiger partial charge in [0.25, 0.3) is 11.8 Å². The molecule has 32 heavy (non-hydrogen) atoms. The molecule has 1 aliphatic heterocycles. The first-order valence-corrected chi connectivity index (χ1v) is 9.84. The average molecular weight is 430 g/mol. The number of urea groups is 1. The van der Waals surface area contributed by atoms with Gasteiger partial charge in [0, 0.05) is 6.42 Å². The minimum atomic E-state index is -0.800. The van der Waals surface area contributed by atoms with E-state index in [1.807, 2.05) is 6.07 Å². The molecule has 1 aliphatic rings. The second-order valence-corrected chi connectivity index (χ2v) is 7.17. The summed E-state index contributed by atoms with van der Waals surface area (Å²) in [6.45, 7) is 0. The summed E-state index contributed by atoms with van der Waals surface area (Å²) in [5, 5.41) is 2.20. The largest absolute Gasteiger partial charge is 0.496 e. The van der Waals surface area contributed by atoms with Crippen molar-refractivity contribution in [1.82, 2.24) is 5.32 Å². The number of halogens is 1. The highest BCUT2D eigenvalue weighted by Gasteiger charge is 2.36. The standard InChI is InChI=1S/C25H19FN2O4/c1-32-22-15-17(10-11-18(22)12-16-6-5-7-19(26)13-16)14-21-23(29)27-25(31)28(24(21)30)20-8-3-2-4-9-20/h2-11,13-15H,12H2,1H3,(H,27,29,31)/b21-14+. The van der Waals surface area contributed by atoms with Gasteiger partial charge in [-0.2, -0.15) is 0 Å². The first-order valence-electron chi connectivity index (χ1n) is 9.84. The van der Waals surface area contributed by atoms with Crippen molar-refractivity contribution in [3.8, 4) is 5.75 Å². The third kappa shape index (κ3) is 4.27. The fourth-order valence-corrected chi connectivity index (χ4v) is 3.50. The molecule has 0 bridgehead atoms. The Hall–Kier alpha value is -4.26. The molecule has 1 N–H and O–H groups in total. The molecule has 3 aromatic carbocycles. The van der Waals surface area contributed by atoms with Crippen molar-refractivity contribution in [3.63, 3.8) is 0 Å². The lowest BCUT2D eigenvalue weighted by Crippen LogP contribution is -2.54. The summed E-state index contributed by atoms with van der Waals surface area (Å²) in [4.78, 5) is 38.5. The monoisotopic (exact) mass is 430 g/mol. The second-order valence-electron chi connectivity index (χ2n) is 7.17. The minimum Gasteiger partial charge on any atom is -0.496 e. The zero-order chi connectivity index (χ0) is 22.7. The van der Waals surface area contributed by atoms with Crippen LogP contribution in [0.25, 0.3) is 6.08 Å². The summed E-state index contributed by atoms with van der Waals surface area (Å²) in [7, 11) is 1.51.